The number of carbonyl (C=O) groups is 1. The molecule has 0 saturated carbocycles. The number of hydrogen-bond acceptors (Lipinski definition) is 2. The predicted molar refractivity (Wildman–Crippen MR) is 63.1 cm³/mol. The molecule has 0 amide bonds. The van der Waals surface area contributed by atoms with E-state index in [1.54, 1.807) is 6.07 Å². The van der Waals surface area contributed by atoms with Crippen LogP contribution in [0.25, 0.3) is 0 Å². The third-order valence-electron chi connectivity index (χ3n) is 2.70. The Bertz CT molecular complexity index is 438. The summed E-state index contributed by atoms with van der Waals surface area (Å²) in [6.45, 7) is 2.32. The Morgan fingerprint density at radius 2 is 2.11 bits per heavy atom. The van der Waals surface area contributed by atoms with Crippen LogP contribution < -0.4 is 4.74 Å². The monoisotopic (exact) mass is 258 g/mol. The molecular weight excluding hydrogens is 242 g/mol. The summed E-state index contributed by atoms with van der Waals surface area (Å²) in [7, 11) is 1.32. The number of rotatable bonds is 5. The number of ether oxygens (including phenoxy) is 1. The number of halogens is 2. The molecule has 1 rings (SSSR count). The number of carboxylic acid groups (broad SMARTS) is 1. The molecule has 0 aliphatic carbocycles. The van der Waals surface area contributed by atoms with Gasteiger partial charge in [-0.25, -0.2) is 8.78 Å². The van der Waals surface area contributed by atoms with Crippen LogP contribution in [0.3, 0.4) is 0 Å². The average molecular weight is 258 g/mol. The van der Waals surface area contributed by atoms with Crippen molar-refractivity contribution in [3.8, 4) is 5.75 Å². The molecule has 1 aromatic carbocycles. The first kappa shape index (κ1) is 14.4. The molecule has 1 unspecified atom stereocenters. The third-order valence-corrected chi connectivity index (χ3v) is 2.70. The molecule has 1 aromatic rings. The van der Waals surface area contributed by atoms with Crippen LogP contribution in [0, 0.1) is 5.92 Å². The molecule has 1 N–H and O–H groups in total. The lowest BCUT2D eigenvalue weighted by Crippen LogP contribution is -2.14. The van der Waals surface area contributed by atoms with Crippen molar-refractivity contribution in [1.29, 1.82) is 0 Å². The molecule has 18 heavy (non-hydrogen) atoms. The van der Waals surface area contributed by atoms with E-state index in [0.29, 0.717) is 5.56 Å². The highest BCUT2D eigenvalue weighted by Gasteiger charge is 2.29. The summed E-state index contributed by atoms with van der Waals surface area (Å²) < 4.78 is 31.6. The summed E-state index contributed by atoms with van der Waals surface area (Å²) in [5, 5.41) is 8.80. The SMILES string of the molecule is COc1ccc(CC(C)C(=O)O)cc1C(C)(F)F. The Balaban J connectivity index is 3.07. The summed E-state index contributed by atoms with van der Waals surface area (Å²) in [6.07, 6.45) is 0.211. The minimum absolute atomic E-state index is 0.106. The summed E-state index contributed by atoms with van der Waals surface area (Å²) >= 11 is 0. The van der Waals surface area contributed by atoms with Crippen LogP contribution >= 0.6 is 0 Å². The number of carboxylic acids is 1. The number of benzene rings is 1. The first-order valence-electron chi connectivity index (χ1n) is 5.53. The van der Waals surface area contributed by atoms with E-state index >= 15 is 0 Å². The van der Waals surface area contributed by atoms with Crippen molar-refractivity contribution in [2.45, 2.75) is 26.2 Å². The van der Waals surface area contributed by atoms with E-state index < -0.39 is 17.8 Å². The van der Waals surface area contributed by atoms with Crippen molar-refractivity contribution < 1.29 is 23.4 Å². The Hall–Kier alpha value is -1.65. The highest BCUT2D eigenvalue weighted by molar-refractivity contribution is 5.69. The van der Waals surface area contributed by atoms with Gasteiger partial charge in [-0.05, 0) is 24.1 Å². The van der Waals surface area contributed by atoms with Crippen LogP contribution in [0.4, 0.5) is 8.78 Å². The van der Waals surface area contributed by atoms with Crippen molar-refractivity contribution >= 4 is 5.97 Å². The molecule has 0 heterocycles. The number of methoxy groups -OCH3 is 1. The zero-order chi connectivity index (χ0) is 13.9. The fraction of sp³-hybridized carbons (Fsp3) is 0.462. The van der Waals surface area contributed by atoms with Crippen LogP contribution in [0.2, 0.25) is 0 Å². The normalized spacial score (nSPS) is 13.2. The molecule has 0 aliphatic heterocycles. The first-order valence-corrected chi connectivity index (χ1v) is 5.53. The van der Waals surface area contributed by atoms with Crippen molar-refractivity contribution in [1.82, 2.24) is 0 Å². The third kappa shape index (κ3) is 3.42. The molecule has 5 heteroatoms. The molecule has 0 bridgehead atoms. The van der Waals surface area contributed by atoms with E-state index in [4.69, 9.17) is 9.84 Å². The van der Waals surface area contributed by atoms with Gasteiger partial charge in [-0.3, -0.25) is 4.79 Å². The van der Waals surface area contributed by atoms with E-state index in [1.807, 2.05) is 0 Å². The number of alkyl halides is 2. The van der Waals surface area contributed by atoms with Gasteiger partial charge < -0.3 is 9.84 Å². The van der Waals surface area contributed by atoms with Crippen molar-refractivity contribution in [2.75, 3.05) is 7.11 Å². The van der Waals surface area contributed by atoms with Crippen molar-refractivity contribution in [3.05, 3.63) is 29.3 Å². The number of aliphatic carboxylic acids is 1. The van der Waals surface area contributed by atoms with Gasteiger partial charge in [0.15, 0.2) is 0 Å². The molecule has 100 valence electrons. The fourth-order valence-electron chi connectivity index (χ4n) is 1.67. The Kier molecular flexibility index (Phi) is 4.27. The summed E-state index contributed by atoms with van der Waals surface area (Å²) in [5.74, 6) is -4.48. The van der Waals surface area contributed by atoms with E-state index in [-0.39, 0.29) is 17.7 Å². The van der Waals surface area contributed by atoms with Gasteiger partial charge in [0.1, 0.15) is 5.75 Å². The Morgan fingerprint density at radius 3 is 2.56 bits per heavy atom. The van der Waals surface area contributed by atoms with E-state index in [1.165, 1.54) is 26.2 Å². The molecule has 0 aromatic heterocycles. The lowest BCUT2D eigenvalue weighted by atomic mass is 9.97. The minimum Gasteiger partial charge on any atom is -0.496 e. The van der Waals surface area contributed by atoms with Crippen LogP contribution in [0.15, 0.2) is 18.2 Å². The largest absolute Gasteiger partial charge is 0.496 e. The molecule has 1 atom stereocenters. The average Bonchev–Trinajstić information content (AvgIpc) is 2.27. The Morgan fingerprint density at radius 1 is 1.50 bits per heavy atom. The standard InChI is InChI=1S/C13H16F2O3/c1-8(12(16)17)6-9-4-5-11(18-3)10(7-9)13(2,14)15/h4-5,7-8H,6H2,1-3H3,(H,16,17). The van der Waals surface area contributed by atoms with Crippen LogP contribution in [-0.4, -0.2) is 18.2 Å². The molecule has 0 aliphatic rings. The molecule has 0 saturated heterocycles. The summed E-state index contributed by atoms with van der Waals surface area (Å²) in [4.78, 5) is 10.7. The molecule has 0 radical (unpaired) electrons. The lowest BCUT2D eigenvalue weighted by molar-refractivity contribution is -0.141. The van der Waals surface area contributed by atoms with Gasteiger partial charge in [0.05, 0.1) is 18.6 Å². The quantitative estimate of drug-likeness (QED) is 0.882. The fourth-order valence-corrected chi connectivity index (χ4v) is 1.67. The van der Waals surface area contributed by atoms with Gasteiger partial charge in [-0.2, -0.15) is 0 Å². The zero-order valence-corrected chi connectivity index (χ0v) is 10.5. The van der Waals surface area contributed by atoms with E-state index in [9.17, 15) is 13.6 Å². The van der Waals surface area contributed by atoms with E-state index in [0.717, 1.165) is 6.92 Å². The van der Waals surface area contributed by atoms with Crippen molar-refractivity contribution in [3.63, 3.8) is 0 Å². The second-order valence-electron chi connectivity index (χ2n) is 4.37. The molecule has 0 spiro atoms. The first-order chi connectivity index (χ1) is 8.25. The van der Waals surface area contributed by atoms with Crippen LogP contribution in [0.1, 0.15) is 25.0 Å². The topological polar surface area (TPSA) is 46.5 Å². The maximum absolute atomic E-state index is 13.4. The lowest BCUT2D eigenvalue weighted by Gasteiger charge is -2.17. The maximum atomic E-state index is 13.4. The van der Waals surface area contributed by atoms with Gasteiger partial charge in [0.25, 0.3) is 5.92 Å². The number of hydrogen-bond donors (Lipinski definition) is 1. The Labute approximate surface area is 104 Å². The highest BCUT2D eigenvalue weighted by Crippen LogP contribution is 2.35. The molecule has 0 fully saturated rings. The van der Waals surface area contributed by atoms with Gasteiger partial charge >= 0.3 is 5.97 Å². The second kappa shape index (κ2) is 5.33. The van der Waals surface area contributed by atoms with Crippen LogP contribution in [-0.2, 0) is 17.1 Å². The van der Waals surface area contributed by atoms with Crippen LogP contribution in [0.5, 0.6) is 5.75 Å². The molecule has 3 nitrogen and oxygen atoms in total. The van der Waals surface area contributed by atoms with E-state index in [2.05, 4.69) is 0 Å². The predicted octanol–water partition coefficient (Wildman–Crippen LogP) is 3.07. The zero-order valence-electron chi connectivity index (χ0n) is 10.5. The summed E-state index contributed by atoms with van der Waals surface area (Å²) in [5.41, 5.74) is 0.335. The second-order valence-corrected chi connectivity index (χ2v) is 4.37. The maximum Gasteiger partial charge on any atom is 0.306 e. The van der Waals surface area contributed by atoms with Gasteiger partial charge in [0.2, 0.25) is 0 Å². The highest BCUT2D eigenvalue weighted by atomic mass is 19.3. The van der Waals surface area contributed by atoms with Gasteiger partial charge in [-0.1, -0.05) is 13.0 Å². The molecular formula is C13H16F2O3. The smallest absolute Gasteiger partial charge is 0.306 e. The van der Waals surface area contributed by atoms with Gasteiger partial charge in [-0.15, -0.1) is 0 Å². The van der Waals surface area contributed by atoms with Crippen molar-refractivity contribution in [2.24, 2.45) is 5.92 Å². The summed E-state index contributed by atoms with van der Waals surface area (Å²) in [6, 6.07) is 4.35. The van der Waals surface area contributed by atoms with Gasteiger partial charge in [0, 0.05) is 6.92 Å². The minimum atomic E-state index is -3.02.